The standard InChI is InChI=1S/C20H23F2N2O4S/c1-20(2,3)15-7-6-14(10-16(15)21)28-12-19(25)23-11-13-5-8-18(17(22)9-13)24-29(26)27-4/h5-10H,11-12H2,1-4H3,(H,23,25)/q-1. The number of rotatable bonds is 7. The van der Waals surface area contributed by atoms with E-state index in [1.807, 2.05) is 20.8 Å². The van der Waals surface area contributed by atoms with Crippen molar-refractivity contribution in [2.75, 3.05) is 13.7 Å². The molecule has 0 heterocycles. The first kappa shape index (κ1) is 22.8. The largest absolute Gasteiger partial charge is 0.484 e. The monoisotopic (exact) mass is 425 g/mol. The molecule has 0 fully saturated rings. The lowest BCUT2D eigenvalue weighted by atomic mass is 9.87. The fourth-order valence-electron chi connectivity index (χ4n) is 2.45. The molecule has 6 nitrogen and oxygen atoms in total. The van der Waals surface area contributed by atoms with E-state index in [-0.39, 0.29) is 30.0 Å². The van der Waals surface area contributed by atoms with Crippen molar-refractivity contribution in [3.8, 4) is 5.75 Å². The lowest BCUT2D eigenvalue weighted by Gasteiger charge is -2.20. The summed E-state index contributed by atoms with van der Waals surface area (Å²) in [5.74, 6) is -1.28. The number of carbonyl (C=O) groups is 1. The molecule has 0 aliphatic carbocycles. The van der Waals surface area contributed by atoms with Crippen LogP contribution in [-0.4, -0.2) is 19.6 Å². The van der Waals surface area contributed by atoms with Gasteiger partial charge in [-0.1, -0.05) is 43.8 Å². The highest BCUT2D eigenvalue weighted by Gasteiger charge is 2.18. The van der Waals surface area contributed by atoms with Crippen LogP contribution in [0.4, 0.5) is 14.5 Å². The van der Waals surface area contributed by atoms with Crippen LogP contribution in [0.3, 0.4) is 0 Å². The van der Waals surface area contributed by atoms with E-state index in [2.05, 4.69) is 13.9 Å². The first-order valence-electron chi connectivity index (χ1n) is 8.76. The van der Waals surface area contributed by atoms with Gasteiger partial charge >= 0.3 is 0 Å². The van der Waals surface area contributed by atoms with Crippen molar-refractivity contribution in [1.29, 1.82) is 0 Å². The van der Waals surface area contributed by atoms with Crippen LogP contribution in [0.5, 0.6) is 5.75 Å². The summed E-state index contributed by atoms with van der Waals surface area (Å²) >= 11 is 0. The maximum Gasteiger partial charge on any atom is 0.258 e. The van der Waals surface area contributed by atoms with Crippen LogP contribution >= 0.6 is 0 Å². The summed E-state index contributed by atoms with van der Waals surface area (Å²) < 4.78 is 52.6. The second-order valence-corrected chi connectivity index (χ2v) is 8.17. The Bertz CT molecular complexity index is 967. The summed E-state index contributed by atoms with van der Waals surface area (Å²) in [4.78, 5) is 11.9. The molecule has 0 saturated heterocycles. The average Bonchev–Trinajstić information content (AvgIpc) is 2.65. The van der Waals surface area contributed by atoms with Crippen LogP contribution in [0, 0.1) is 11.6 Å². The second kappa shape index (κ2) is 9.80. The topological polar surface area (TPSA) is 77.0 Å². The summed E-state index contributed by atoms with van der Waals surface area (Å²) in [5.41, 5.74) is 0.597. The highest BCUT2D eigenvalue weighted by molar-refractivity contribution is 7.69. The molecular weight excluding hydrogens is 402 g/mol. The lowest BCUT2D eigenvalue weighted by molar-refractivity contribution is -0.123. The summed E-state index contributed by atoms with van der Waals surface area (Å²) in [6, 6.07) is 8.54. The van der Waals surface area contributed by atoms with E-state index >= 15 is 0 Å². The quantitative estimate of drug-likeness (QED) is 0.671. The number of hydrogen-bond acceptors (Lipinski definition) is 6. The predicted molar refractivity (Wildman–Crippen MR) is 106 cm³/mol. The third kappa shape index (κ3) is 6.79. The number of benzene rings is 2. The van der Waals surface area contributed by atoms with Crippen molar-refractivity contribution in [3.05, 3.63) is 59.2 Å². The van der Waals surface area contributed by atoms with Crippen molar-refractivity contribution in [1.82, 2.24) is 5.32 Å². The average molecular weight is 425 g/mol. The highest BCUT2D eigenvalue weighted by atomic mass is 32.2. The third-order valence-electron chi connectivity index (χ3n) is 3.94. The maximum absolute atomic E-state index is 14.2. The Labute approximate surface area is 170 Å². The summed E-state index contributed by atoms with van der Waals surface area (Å²) in [5, 5.41) is 2.58. The minimum atomic E-state index is -1.96. The van der Waals surface area contributed by atoms with Crippen LogP contribution in [0.15, 0.2) is 40.8 Å². The van der Waals surface area contributed by atoms with E-state index in [9.17, 15) is 17.8 Å². The van der Waals surface area contributed by atoms with Gasteiger partial charge in [0.05, 0.1) is 5.69 Å². The lowest BCUT2D eigenvalue weighted by Crippen LogP contribution is -2.28. The zero-order chi connectivity index (χ0) is 21.6. The zero-order valence-electron chi connectivity index (χ0n) is 16.6. The molecule has 0 aliphatic heterocycles. The van der Waals surface area contributed by atoms with Gasteiger partial charge in [-0.3, -0.25) is 4.79 Å². The molecule has 1 amide bonds. The van der Waals surface area contributed by atoms with Crippen molar-refractivity contribution >= 4 is 22.5 Å². The first-order chi connectivity index (χ1) is 13.6. The van der Waals surface area contributed by atoms with Gasteiger partial charge in [0.15, 0.2) is 6.61 Å². The fourth-order valence-corrected chi connectivity index (χ4v) is 2.83. The normalized spacial score (nSPS) is 12.6. The van der Waals surface area contributed by atoms with Gasteiger partial charge in [0.25, 0.3) is 5.91 Å². The van der Waals surface area contributed by atoms with Gasteiger partial charge in [-0.25, -0.2) is 8.78 Å². The van der Waals surface area contributed by atoms with Crippen molar-refractivity contribution in [3.63, 3.8) is 0 Å². The number of carbonyl (C=O) groups excluding carboxylic acids is 1. The molecule has 1 N–H and O–H groups in total. The van der Waals surface area contributed by atoms with Crippen molar-refractivity contribution in [2.45, 2.75) is 32.7 Å². The SMILES string of the molecule is CO[S-](=O)=Nc1ccc(CNC(=O)COc2ccc(C(C)(C)C)c(F)c2)cc1F. The van der Waals surface area contributed by atoms with Crippen LogP contribution in [0.1, 0.15) is 31.9 Å². The molecule has 0 unspecified atom stereocenters. The zero-order valence-corrected chi connectivity index (χ0v) is 17.4. The molecular formula is C20H23F2N2O4S-. The number of halogens is 2. The van der Waals surface area contributed by atoms with Crippen LogP contribution in [0.25, 0.3) is 0 Å². The van der Waals surface area contributed by atoms with Crippen LogP contribution in [0.2, 0.25) is 0 Å². The Hall–Kier alpha value is -2.52. The minimum Gasteiger partial charge on any atom is -0.484 e. The molecule has 0 aromatic heterocycles. The molecule has 0 spiro atoms. The molecule has 0 radical (unpaired) electrons. The summed E-state index contributed by atoms with van der Waals surface area (Å²) in [6.45, 7) is 5.46. The molecule has 2 aromatic carbocycles. The van der Waals surface area contributed by atoms with Gasteiger partial charge in [0.1, 0.15) is 17.4 Å². The Balaban J connectivity index is 1.90. The van der Waals surface area contributed by atoms with Crippen LogP contribution in [-0.2, 0) is 36.0 Å². The minimum absolute atomic E-state index is 0.0596. The van der Waals surface area contributed by atoms with E-state index in [0.29, 0.717) is 11.1 Å². The fraction of sp³-hybridized carbons (Fsp3) is 0.350. The predicted octanol–water partition coefficient (Wildman–Crippen LogP) is 4.30. The van der Waals surface area contributed by atoms with E-state index in [0.717, 1.165) is 0 Å². The molecule has 158 valence electrons. The molecule has 0 aliphatic rings. The third-order valence-corrected chi connectivity index (χ3v) is 4.57. The highest BCUT2D eigenvalue weighted by Crippen LogP contribution is 2.27. The number of hydrogen-bond donors (Lipinski definition) is 1. The summed E-state index contributed by atoms with van der Waals surface area (Å²) in [6.07, 6.45) is 0. The molecule has 2 rings (SSSR count). The molecule has 0 saturated carbocycles. The van der Waals surface area contributed by atoms with Gasteiger partial charge in [-0.15, -0.1) is 0 Å². The van der Waals surface area contributed by atoms with E-state index in [1.54, 1.807) is 12.1 Å². The van der Waals surface area contributed by atoms with E-state index < -0.39 is 28.4 Å². The Morgan fingerprint density at radius 3 is 2.45 bits per heavy atom. The van der Waals surface area contributed by atoms with Gasteiger partial charge in [-0.05, 0) is 34.7 Å². The smallest absolute Gasteiger partial charge is 0.258 e. The maximum atomic E-state index is 14.2. The van der Waals surface area contributed by atoms with Crippen LogP contribution < -0.4 is 10.1 Å². The van der Waals surface area contributed by atoms with Gasteiger partial charge in [0, 0.05) is 19.7 Å². The molecule has 0 atom stereocenters. The van der Waals surface area contributed by atoms with Crippen molar-refractivity contribution < 1.29 is 26.7 Å². The van der Waals surface area contributed by atoms with Gasteiger partial charge in [-0.2, -0.15) is 0 Å². The number of ether oxygens (including phenoxy) is 1. The van der Waals surface area contributed by atoms with E-state index in [1.165, 1.54) is 31.4 Å². The summed E-state index contributed by atoms with van der Waals surface area (Å²) in [7, 11) is -0.772. The Morgan fingerprint density at radius 1 is 1.14 bits per heavy atom. The second-order valence-electron chi connectivity index (χ2n) is 7.22. The number of nitrogens with zero attached hydrogens (tertiary/aromatic N) is 1. The molecule has 0 bridgehead atoms. The van der Waals surface area contributed by atoms with Gasteiger partial charge < -0.3 is 22.8 Å². The number of amides is 1. The first-order valence-corrected chi connectivity index (χ1v) is 9.79. The van der Waals surface area contributed by atoms with E-state index in [4.69, 9.17) is 4.74 Å². The van der Waals surface area contributed by atoms with Gasteiger partial charge in [0.2, 0.25) is 0 Å². The number of nitrogens with one attached hydrogen (secondary N) is 1. The molecule has 2 aromatic rings. The van der Waals surface area contributed by atoms with Crippen molar-refractivity contribution in [2.24, 2.45) is 4.36 Å². The Morgan fingerprint density at radius 2 is 1.86 bits per heavy atom. The Kier molecular flexibility index (Phi) is 7.69. The molecule has 29 heavy (non-hydrogen) atoms. The molecule has 9 heteroatoms.